The van der Waals surface area contributed by atoms with Crippen LogP contribution in [0, 0.1) is 13.8 Å². The van der Waals surface area contributed by atoms with Crippen LogP contribution in [0.2, 0.25) is 0 Å². The summed E-state index contributed by atoms with van der Waals surface area (Å²) in [5.74, 6) is 1.50. The van der Waals surface area contributed by atoms with Gasteiger partial charge in [-0.3, -0.25) is 4.79 Å². The lowest BCUT2D eigenvalue weighted by Gasteiger charge is -2.08. The Bertz CT molecular complexity index is 849. The Labute approximate surface area is 127 Å². The fourth-order valence-electron chi connectivity index (χ4n) is 2.38. The number of hydrogen-bond donors (Lipinski definition) is 1. The van der Waals surface area contributed by atoms with Gasteiger partial charge in [-0.2, -0.15) is 0 Å². The number of rotatable bonds is 4. The second-order valence-corrected chi connectivity index (χ2v) is 5.19. The predicted molar refractivity (Wildman–Crippen MR) is 83.5 cm³/mol. The minimum Gasteiger partial charge on any atom is -0.329 e. The number of nitrogens with one attached hydrogen (secondary N) is 1. The molecule has 0 radical (unpaired) electrons. The van der Waals surface area contributed by atoms with E-state index in [4.69, 9.17) is 0 Å². The van der Waals surface area contributed by atoms with Crippen LogP contribution in [0.1, 0.15) is 17.2 Å². The predicted octanol–water partition coefficient (Wildman–Crippen LogP) is 1.89. The quantitative estimate of drug-likeness (QED) is 0.797. The summed E-state index contributed by atoms with van der Waals surface area (Å²) in [7, 11) is 0. The fraction of sp³-hybridized carbons (Fsp3) is 0.250. The first-order valence-corrected chi connectivity index (χ1v) is 7.14. The summed E-state index contributed by atoms with van der Waals surface area (Å²) < 4.78 is 2.02. The molecule has 3 aromatic heterocycles. The van der Waals surface area contributed by atoms with Gasteiger partial charge in [-0.1, -0.05) is 6.07 Å². The van der Waals surface area contributed by atoms with Crippen molar-refractivity contribution in [2.24, 2.45) is 0 Å². The second kappa shape index (κ2) is 5.93. The van der Waals surface area contributed by atoms with Gasteiger partial charge in [0.15, 0.2) is 5.82 Å². The Morgan fingerprint density at radius 3 is 2.82 bits per heavy atom. The van der Waals surface area contributed by atoms with Crippen LogP contribution in [0.25, 0.3) is 11.5 Å². The average Bonchev–Trinajstić information content (AvgIpc) is 2.92. The van der Waals surface area contributed by atoms with Crippen LogP contribution >= 0.6 is 0 Å². The molecular formula is C16H17N5O. The minimum atomic E-state index is -0.117. The van der Waals surface area contributed by atoms with E-state index >= 15 is 0 Å². The van der Waals surface area contributed by atoms with E-state index in [0.29, 0.717) is 18.8 Å². The van der Waals surface area contributed by atoms with Crippen LogP contribution in [0.3, 0.4) is 0 Å². The van der Waals surface area contributed by atoms with E-state index in [1.165, 1.54) is 6.07 Å². The first-order chi connectivity index (χ1) is 10.6. The van der Waals surface area contributed by atoms with Crippen LogP contribution in [0.5, 0.6) is 0 Å². The number of aryl methyl sites for hydroxylation is 4. The van der Waals surface area contributed by atoms with Gasteiger partial charge >= 0.3 is 0 Å². The molecule has 0 unspecified atom stereocenters. The van der Waals surface area contributed by atoms with Gasteiger partial charge in [0.25, 0.3) is 5.56 Å². The van der Waals surface area contributed by atoms with Crippen molar-refractivity contribution in [2.75, 3.05) is 0 Å². The summed E-state index contributed by atoms with van der Waals surface area (Å²) in [6, 6.07) is 7.36. The Morgan fingerprint density at radius 1 is 1.18 bits per heavy atom. The maximum atomic E-state index is 11.5. The highest BCUT2D eigenvalue weighted by atomic mass is 16.1. The topological polar surface area (TPSA) is 76.5 Å². The van der Waals surface area contributed by atoms with Gasteiger partial charge < -0.3 is 9.55 Å². The second-order valence-electron chi connectivity index (χ2n) is 5.19. The van der Waals surface area contributed by atoms with E-state index in [1.807, 2.05) is 42.8 Å². The number of hydrogen-bond acceptors (Lipinski definition) is 4. The van der Waals surface area contributed by atoms with Crippen molar-refractivity contribution in [3.8, 4) is 11.5 Å². The zero-order valence-corrected chi connectivity index (χ0v) is 12.6. The molecule has 22 heavy (non-hydrogen) atoms. The molecule has 6 heteroatoms. The van der Waals surface area contributed by atoms with Gasteiger partial charge in [0.1, 0.15) is 11.5 Å². The molecule has 0 spiro atoms. The molecule has 3 rings (SSSR count). The minimum absolute atomic E-state index is 0.117. The van der Waals surface area contributed by atoms with Crippen LogP contribution in [-0.4, -0.2) is 24.5 Å². The number of imidazole rings is 1. The van der Waals surface area contributed by atoms with Gasteiger partial charge in [-0.05, 0) is 26.0 Å². The Kier molecular flexibility index (Phi) is 3.82. The molecule has 0 atom stereocenters. The van der Waals surface area contributed by atoms with Gasteiger partial charge in [0.05, 0.1) is 0 Å². The normalized spacial score (nSPS) is 10.8. The lowest BCUT2D eigenvalue weighted by Crippen LogP contribution is -2.13. The zero-order valence-electron chi connectivity index (χ0n) is 12.6. The molecule has 112 valence electrons. The number of aromatic amines is 1. The number of nitrogens with zero attached hydrogens (tertiary/aromatic N) is 4. The van der Waals surface area contributed by atoms with Crippen LogP contribution < -0.4 is 5.56 Å². The van der Waals surface area contributed by atoms with Crippen molar-refractivity contribution in [3.63, 3.8) is 0 Å². The van der Waals surface area contributed by atoms with E-state index in [-0.39, 0.29) is 5.56 Å². The van der Waals surface area contributed by atoms with Crippen LogP contribution in [0.4, 0.5) is 0 Å². The molecule has 0 saturated heterocycles. The lowest BCUT2D eigenvalue weighted by atomic mass is 10.3. The third kappa shape index (κ3) is 3.11. The highest BCUT2D eigenvalue weighted by Gasteiger charge is 2.08. The molecule has 0 aliphatic carbocycles. The van der Waals surface area contributed by atoms with Crippen LogP contribution in [0.15, 0.2) is 41.5 Å². The van der Waals surface area contributed by atoms with Crippen molar-refractivity contribution >= 4 is 0 Å². The van der Waals surface area contributed by atoms with Gasteiger partial charge in [-0.25, -0.2) is 15.0 Å². The standard InChI is InChI=1S/C16H17N5O/c1-11-4-3-5-13(18-11)16-17-7-9-21(16)8-6-14-19-12(2)10-15(22)20-14/h3-5,7,9-10H,6,8H2,1-2H3,(H,19,20,22). The van der Waals surface area contributed by atoms with Gasteiger partial charge in [0.2, 0.25) is 0 Å². The summed E-state index contributed by atoms with van der Waals surface area (Å²) in [5, 5.41) is 0. The molecule has 1 N–H and O–H groups in total. The average molecular weight is 295 g/mol. The smallest absolute Gasteiger partial charge is 0.251 e. The first-order valence-electron chi connectivity index (χ1n) is 7.14. The summed E-state index contributed by atoms with van der Waals surface area (Å²) in [5.41, 5.74) is 2.41. The molecule has 0 saturated carbocycles. The van der Waals surface area contributed by atoms with Gasteiger partial charge in [-0.15, -0.1) is 0 Å². The first kappa shape index (κ1) is 14.2. The fourth-order valence-corrected chi connectivity index (χ4v) is 2.38. The van der Waals surface area contributed by atoms with Crippen molar-refractivity contribution in [1.82, 2.24) is 24.5 Å². The highest BCUT2D eigenvalue weighted by Crippen LogP contribution is 2.15. The zero-order chi connectivity index (χ0) is 15.5. The van der Waals surface area contributed by atoms with Crippen molar-refractivity contribution in [2.45, 2.75) is 26.8 Å². The molecule has 0 aliphatic heterocycles. The van der Waals surface area contributed by atoms with E-state index in [9.17, 15) is 4.79 Å². The lowest BCUT2D eigenvalue weighted by molar-refractivity contribution is 0.671. The van der Waals surface area contributed by atoms with Gasteiger partial charge in [0, 0.05) is 42.8 Å². The largest absolute Gasteiger partial charge is 0.329 e. The van der Waals surface area contributed by atoms with Crippen molar-refractivity contribution in [3.05, 3.63) is 64.2 Å². The Hall–Kier alpha value is -2.76. The third-order valence-corrected chi connectivity index (χ3v) is 3.34. The Balaban J connectivity index is 1.82. The molecule has 0 bridgehead atoms. The maximum Gasteiger partial charge on any atom is 0.251 e. The maximum absolute atomic E-state index is 11.5. The van der Waals surface area contributed by atoms with Crippen molar-refractivity contribution < 1.29 is 0 Å². The van der Waals surface area contributed by atoms with E-state index in [0.717, 1.165) is 22.9 Å². The molecule has 3 aromatic rings. The van der Waals surface area contributed by atoms with E-state index in [2.05, 4.69) is 19.9 Å². The molecule has 3 heterocycles. The number of aromatic nitrogens is 5. The molecule has 0 aliphatic rings. The summed E-state index contributed by atoms with van der Waals surface area (Å²) >= 11 is 0. The molecule has 0 amide bonds. The summed E-state index contributed by atoms with van der Waals surface area (Å²) in [4.78, 5) is 27.5. The Morgan fingerprint density at radius 2 is 2.05 bits per heavy atom. The third-order valence-electron chi connectivity index (χ3n) is 3.34. The van der Waals surface area contributed by atoms with E-state index in [1.54, 1.807) is 6.20 Å². The highest BCUT2D eigenvalue weighted by molar-refractivity contribution is 5.49. The summed E-state index contributed by atoms with van der Waals surface area (Å²) in [6.07, 6.45) is 4.30. The SMILES string of the molecule is Cc1cccc(-c2nccn2CCc2nc(C)cc(=O)[nH]2)n1. The molecule has 6 nitrogen and oxygen atoms in total. The number of H-pyrrole nitrogens is 1. The number of pyridine rings is 1. The molecule has 0 aromatic carbocycles. The van der Waals surface area contributed by atoms with E-state index < -0.39 is 0 Å². The van der Waals surface area contributed by atoms with Crippen LogP contribution in [-0.2, 0) is 13.0 Å². The summed E-state index contributed by atoms with van der Waals surface area (Å²) in [6.45, 7) is 4.45. The molecule has 0 fully saturated rings. The molecular weight excluding hydrogens is 278 g/mol. The monoisotopic (exact) mass is 295 g/mol. The van der Waals surface area contributed by atoms with Crippen molar-refractivity contribution in [1.29, 1.82) is 0 Å².